The van der Waals surface area contributed by atoms with Gasteiger partial charge in [-0.05, 0) is 25.0 Å². The van der Waals surface area contributed by atoms with Gasteiger partial charge in [0, 0.05) is 10.9 Å². The number of carbonyl (C=O) groups excluding carboxylic acids is 1. The molecule has 3 nitrogen and oxygen atoms in total. The van der Waals surface area contributed by atoms with Gasteiger partial charge in [-0.3, -0.25) is 4.79 Å². The van der Waals surface area contributed by atoms with Crippen molar-refractivity contribution in [2.24, 2.45) is 0 Å². The minimum absolute atomic E-state index is 0.0890. The normalized spacial score (nSPS) is 10.3. The maximum atomic E-state index is 11.6. The molecule has 1 aromatic carbocycles. The molecule has 2 aromatic rings. The van der Waals surface area contributed by atoms with Crippen molar-refractivity contribution in [2.75, 3.05) is 6.54 Å². The number of carbonyl (C=O) groups is 1. The minimum atomic E-state index is -0.0890. The van der Waals surface area contributed by atoms with E-state index in [1.165, 1.54) is 5.56 Å². The zero-order valence-corrected chi connectivity index (χ0v) is 10.5. The van der Waals surface area contributed by atoms with Gasteiger partial charge in [-0.15, -0.1) is 6.42 Å². The van der Waals surface area contributed by atoms with Crippen LogP contribution in [0.25, 0.3) is 11.0 Å². The Bertz CT molecular complexity index is 632. The van der Waals surface area contributed by atoms with Crippen molar-refractivity contribution in [1.82, 2.24) is 5.32 Å². The number of hydrogen-bond donors (Lipinski definition) is 1. The summed E-state index contributed by atoms with van der Waals surface area (Å²) in [4.78, 5) is 11.6. The number of nitrogens with one attached hydrogen (secondary N) is 1. The molecule has 0 saturated heterocycles. The molecular formula is C15H15NO2. The summed E-state index contributed by atoms with van der Waals surface area (Å²) in [7, 11) is 0. The predicted molar refractivity (Wildman–Crippen MR) is 71.2 cm³/mol. The molecule has 0 saturated carbocycles. The average molecular weight is 241 g/mol. The van der Waals surface area contributed by atoms with E-state index in [2.05, 4.69) is 11.2 Å². The van der Waals surface area contributed by atoms with Crippen LogP contribution in [0.2, 0.25) is 0 Å². The molecule has 1 amide bonds. The highest BCUT2D eigenvalue weighted by Crippen LogP contribution is 2.26. The van der Waals surface area contributed by atoms with Crippen molar-refractivity contribution < 1.29 is 9.21 Å². The molecule has 0 radical (unpaired) electrons. The number of amides is 1. The molecule has 18 heavy (non-hydrogen) atoms. The van der Waals surface area contributed by atoms with Crippen LogP contribution in [0.15, 0.2) is 22.8 Å². The lowest BCUT2D eigenvalue weighted by atomic mass is 10.0. The fraction of sp³-hybridized carbons (Fsp3) is 0.267. The molecule has 0 spiro atoms. The number of rotatable bonds is 3. The highest BCUT2D eigenvalue weighted by atomic mass is 16.3. The van der Waals surface area contributed by atoms with Crippen LogP contribution in [0.5, 0.6) is 0 Å². The molecule has 0 aliphatic rings. The van der Waals surface area contributed by atoms with E-state index in [4.69, 9.17) is 10.8 Å². The van der Waals surface area contributed by atoms with E-state index in [0.717, 1.165) is 22.1 Å². The molecule has 1 aromatic heterocycles. The second-order valence-electron chi connectivity index (χ2n) is 4.30. The summed E-state index contributed by atoms with van der Waals surface area (Å²) in [6.07, 6.45) is 7.03. The monoisotopic (exact) mass is 241 g/mol. The Morgan fingerprint density at radius 1 is 1.44 bits per heavy atom. The van der Waals surface area contributed by atoms with Crippen molar-refractivity contribution in [3.63, 3.8) is 0 Å². The predicted octanol–water partition coefficient (Wildman–Crippen LogP) is 2.34. The second kappa shape index (κ2) is 4.97. The summed E-state index contributed by atoms with van der Waals surface area (Å²) in [6.45, 7) is 4.31. The SMILES string of the molecule is C#CCNC(=O)Cc1coc2c(C)c(C)ccc12. The molecule has 2 rings (SSSR count). The first kappa shape index (κ1) is 12.3. The third-order valence-electron chi connectivity index (χ3n) is 3.08. The molecule has 0 bridgehead atoms. The summed E-state index contributed by atoms with van der Waals surface area (Å²) >= 11 is 0. The highest BCUT2D eigenvalue weighted by Gasteiger charge is 2.12. The fourth-order valence-electron chi connectivity index (χ4n) is 1.91. The molecule has 1 N–H and O–H groups in total. The van der Waals surface area contributed by atoms with Crippen LogP contribution >= 0.6 is 0 Å². The molecule has 92 valence electrons. The van der Waals surface area contributed by atoms with Crippen molar-refractivity contribution in [2.45, 2.75) is 20.3 Å². The molecule has 1 heterocycles. The van der Waals surface area contributed by atoms with Crippen LogP contribution in [0.4, 0.5) is 0 Å². The van der Waals surface area contributed by atoms with Gasteiger partial charge in [0.15, 0.2) is 0 Å². The summed E-state index contributed by atoms with van der Waals surface area (Å²) in [5.74, 6) is 2.29. The Balaban J connectivity index is 2.28. The van der Waals surface area contributed by atoms with Gasteiger partial charge in [0.1, 0.15) is 5.58 Å². The molecule has 0 unspecified atom stereocenters. The number of hydrogen-bond acceptors (Lipinski definition) is 2. The quantitative estimate of drug-likeness (QED) is 0.838. The summed E-state index contributed by atoms with van der Waals surface area (Å²) in [5.41, 5.74) is 4.04. The number of terminal acetylenes is 1. The molecule has 3 heteroatoms. The van der Waals surface area contributed by atoms with Crippen molar-refractivity contribution in [3.8, 4) is 12.3 Å². The molecule has 0 fully saturated rings. The van der Waals surface area contributed by atoms with Gasteiger partial charge in [0.05, 0.1) is 19.2 Å². The van der Waals surface area contributed by atoms with E-state index in [-0.39, 0.29) is 18.9 Å². The smallest absolute Gasteiger partial charge is 0.225 e. The van der Waals surface area contributed by atoms with E-state index >= 15 is 0 Å². The van der Waals surface area contributed by atoms with Gasteiger partial charge in [-0.2, -0.15) is 0 Å². The van der Waals surface area contributed by atoms with Crippen molar-refractivity contribution >= 4 is 16.9 Å². The Kier molecular flexibility index (Phi) is 3.38. The van der Waals surface area contributed by atoms with Crippen LogP contribution in [-0.2, 0) is 11.2 Å². The van der Waals surface area contributed by atoms with Gasteiger partial charge < -0.3 is 9.73 Å². The maximum Gasteiger partial charge on any atom is 0.225 e. The first-order valence-electron chi connectivity index (χ1n) is 5.80. The molecule has 0 aliphatic heterocycles. The van der Waals surface area contributed by atoms with Crippen molar-refractivity contribution in [3.05, 3.63) is 35.1 Å². The lowest BCUT2D eigenvalue weighted by Gasteiger charge is -2.02. The lowest BCUT2D eigenvalue weighted by molar-refractivity contribution is -0.120. The molecular weight excluding hydrogens is 226 g/mol. The van der Waals surface area contributed by atoms with Crippen molar-refractivity contribution in [1.29, 1.82) is 0 Å². The van der Waals surface area contributed by atoms with Crippen LogP contribution in [0.3, 0.4) is 0 Å². The number of fused-ring (bicyclic) bond motifs is 1. The third kappa shape index (κ3) is 2.23. The van der Waals surface area contributed by atoms with E-state index in [0.29, 0.717) is 0 Å². The Morgan fingerprint density at radius 2 is 2.22 bits per heavy atom. The highest BCUT2D eigenvalue weighted by molar-refractivity contribution is 5.89. The average Bonchev–Trinajstić information content (AvgIpc) is 2.75. The first-order chi connectivity index (χ1) is 8.63. The molecule has 0 atom stereocenters. The maximum absolute atomic E-state index is 11.6. The lowest BCUT2D eigenvalue weighted by Crippen LogP contribution is -2.25. The summed E-state index contributed by atoms with van der Waals surface area (Å²) in [5, 5.41) is 3.64. The third-order valence-corrected chi connectivity index (χ3v) is 3.08. The van der Waals surface area contributed by atoms with E-state index in [9.17, 15) is 4.79 Å². The Labute approximate surface area is 106 Å². The van der Waals surface area contributed by atoms with Gasteiger partial charge in [-0.1, -0.05) is 18.1 Å². The Hall–Kier alpha value is -2.21. The van der Waals surface area contributed by atoms with Crippen LogP contribution in [0, 0.1) is 26.2 Å². The zero-order valence-electron chi connectivity index (χ0n) is 10.5. The standard InChI is InChI=1S/C15H15NO2/c1-4-7-16-14(17)8-12-9-18-15-11(3)10(2)5-6-13(12)15/h1,5-6,9H,7-8H2,2-3H3,(H,16,17). The Morgan fingerprint density at radius 3 is 2.94 bits per heavy atom. The first-order valence-corrected chi connectivity index (χ1v) is 5.80. The van der Waals surface area contributed by atoms with Crippen LogP contribution in [-0.4, -0.2) is 12.5 Å². The van der Waals surface area contributed by atoms with Gasteiger partial charge in [0.25, 0.3) is 0 Å². The summed E-state index contributed by atoms with van der Waals surface area (Å²) < 4.78 is 5.55. The minimum Gasteiger partial charge on any atom is -0.464 e. The fourth-order valence-corrected chi connectivity index (χ4v) is 1.91. The van der Waals surface area contributed by atoms with E-state index in [1.54, 1.807) is 6.26 Å². The van der Waals surface area contributed by atoms with E-state index in [1.807, 2.05) is 26.0 Å². The number of benzene rings is 1. The zero-order chi connectivity index (χ0) is 13.1. The van der Waals surface area contributed by atoms with Crippen LogP contribution in [0.1, 0.15) is 16.7 Å². The van der Waals surface area contributed by atoms with Crippen LogP contribution < -0.4 is 5.32 Å². The second-order valence-corrected chi connectivity index (χ2v) is 4.30. The van der Waals surface area contributed by atoms with Gasteiger partial charge >= 0.3 is 0 Å². The topological polar surface area (TPSA) is 42.2 Å². The number of aryl methyl sites for hydroxylation is 2. The molecule has 0 aliphatic carbocycles. The number of furan rings is 1. The van der Waals surface area contributed by atoms with E-state index < -0.39 is 0 Å². The van der Waals surface area contributed by atoms with Gasteiger partial charge in [0.2, 0.25) is 5.91 Å². The largest absolute Gasteiger partial charge is 0.464 e. The van der Waals surface area contributed by atoms with Gasteiger partial charge in [-0.25, -0.2) is 0 Å². The summed E-state index contributed by atoms with van der Waals surface area (Å²) in [6, 6.07) is 4.03.